The molecule has 0 radical (unpaired) electrons. The lowest BCUT2D eigenvalue weighted by atomic mass is 10.2. The maximum atomic E-state index is 11.1. The third-order valence-corrected chi connectivity index (χ3v) is 2.30. The maximum Gasteiger partial charge on any atom is 0.324 e. The Labute approximate surface area is 64.5 Å². The summed E-state index contributed by atoms with van der Waals surface area (Å²) >= 11 is 0. The summed E-state index contributed by atoms with van der Waals surface area (Å²) in [5.74, 6) is 0.298. The third kappa shape index (κ3) is 0.895. The molecule has 0 spiro atoms. The molecule has 0 bridgehead atoms. The highest BCUT2D eigenvalue weighted by atomic mass is 16.2. The van der Waals surface area contributed by atoms with Gasteiger partial charge in [-0.15, -0.1) is 0 Å². The SMILES string of the molecule is CN1C(=O)NC(=O)C1C1CC1. The van der Waals surface area contributed by atoms with Crippen LogP contribution in [0.4, 0.5) is 4.79 Å². The lowest BCUT2D eigenvalue weighted by Crippen LogP contribution is -2.33. The van der Waals surface area contributed by atoms with Crippen LogP contribution in [0.25, 0.3) is 0 Å². The number of nitrogens with one attached hydrogen (secondary N) is 1. The zero-order valence-electron chi connectivity index (χ0n) is 6.33. The number of carbonyl (C=O) groups is 2. The van der Waals surface area contributed by atoms with E-state index < -0.39 is 0 Å². The standard InChI is InChI=1S/C7H10N2O2/c1-9-5(4-2-3-4)6(10)8-7(9)11/h4-5H,2-3H2,1H3,(H,8,10,11). The van der Waals surface area contributed by atoms with Crippen LogP contribution < -0.4 is 5.32 Å². The first-order valence-electron chi connectivity index (χ1n) is 3.78. The minimum absolute atomic E-state index is 0.125. The Morgan fingerprint density at radius 2 is 2.09 bits per heavy atom. The summed E-state index contributed by atoms with van der Waals surface area (Å²) < 4.78 is 0. The van der Waals surface area contributed by atoms with E-state index >= 15 is 0 Å². The quantitative estimate of drug-likeness (QED) is 0.538. The van der Waals surface area contributed by atoms with E-state index in [0.717, 1.165) is 12.8 Å². The second-order valence-electron chi connectivity index (χ2n) is 3.19. The zero-order valence-corrected chi connectivity index (χ0v) is 6.33. The van der Waals surface area contributed by atoms with Crippen LogP contribution >= 0.6 is 0 Å². The normalized spacial score (nSPS) is 31.0. The van der Waals surface area contributed by atoms with Crippen LogP contribution in [0.2, 0.25) is 0 Å². The van der Waals surface area contributed by atoms with Crippen LogP contribution in [0.5, 0.6) is 0 Å². The molecule has 11 heavy (non-hydrogen) atoms. The number of imide groups is 1. The fourth-order valence-corrected chi connectivity index (χ4v) is 1.51. The molecule has 1 unspecified atom stereocenters. The summed E-state index contributed by atoms with van der Waals surface area (Å²) in [7, 11) is 1.67. The molecule has 2 rings (SSSR count). The average molecular weight is 154 g/mol. The lowest BCUT2D eigenvalue weighted by Gasteiger charge is -2.14. The number of rotatable bonds is 1. The molecule has 0 aromatic heterocycles. The number of carbonyl (C=O) groups excluding carboxylic acids is 2. The summed E-state index contributed by atoms with van der Waals surface area (Å²) in [6.07, 6.45) is 2.16. The molecule has 1 aliphatic heterocycles. The Balaban J connectivity index is 2.17. The van der Waals surface area contributed by atoms with E-state index in [-0.39, 0.29) is 18.0 Å². The topological polar surface area (TPSA) is 49.4 Å². The Morgan fingerprint density at radius 1 is 1.45 bits per heavy atom. The van der Waals surface area contributed by atoms with Crippen molar-refractivity contribution in [3.63, 3.8) is 0 Å². The van der Waals surface area contributed by atoms with Gasteiger partial charge in [-0.2, -0.15) is 0 Å². The van der Waals surface area contributed by atoms with Crippen LogP contribution in [0.15, 0.2) is 0 Å². The van der Waals surface area contributed by atoms with E-state index in [2.05, 4.69) is 5.32 Å². The second-order valence-corrected chi connectivity index (χ2v) is 3.19. The third-order valence-electron chi connectivity index (χ3n) is 2.30. The van der Waals surface area contributed by atoms with E-state index in [4.69, 9.17) is 0 Å². The summed E-state index contributed by atoms with van der Waals surface area (Å²) in [6, 6.07) is -0.436. The van der Waals surface area contributed by atoms with Crippen molar-refractivity contribution in [2.75, 3.05) is 7.05 Å². The number of nitrogens with zero attached hydrogens (tertiary/aromatic N) is 1. The van der Waals surface area contributed by atoms with E-state index in [9.17, 15) is 9.59 Å². The first-order valence-corrected chi connectivity index (χ1v) is 3.78. The highest BCUT2D eigenvalue weighted by Crippen LogP contribution is 2.36. The van der Waals surface area contributed by atoms with Gasteiger partial charge in [-0.3, -0.25) is 10.1 Å². The molecule has 1 atom stereocenters. The first-order chi connectivity index (χ1) is 5.20. The fourth-order valence-electron chi connectivity index (χ4n) is 1.51. The Kier molecular flexibility index (Phi) is 1.19. The van der Waals surface area contributed by atoms with Crippen molar-refractivity contribution in [2.24, 2.45) is 5.92 Å². The average Bonchev–Trinajstić information content (AvgIpc) is 2.68. The van der Waals surface area contributed by atoms with Crippen LogP contribution in [0.3, 0.4) is 0 Å². The predicted octanol–water partition coefficient (Wildman–Crippen LogP) is -0.0534. The molecule has 2 aliphatic rings. The maximum absolute atomic E-state index is 11.1. The molecule has 3 amide bonds. The van der Waals surface area contributed by atoms with Crippen LogP contribution in [-0.2, 0) is 4.79 Å². The van der Waals surface area contributed by atoms with E-state index in [0.29, 0.717) is 5.92 Å². The summed E-state index contributed by atoms with van der Waals surface area (Å²) in [6.45, 7) is 0. The summed E-state index contributed by atoms with van der Waals surface area (Å²) in [5, 5.41) is 2.29. The van der Waals surface area contributed by atoms with E-state index in [1.165, 1.54) is 4.90 Å². The van der Waals surface area contributed by atoms with Gasteiger partial charge in [0.2, 0.25) is 0 Å². The van der Waals surface area contributed by atoms with Crippen molar-refractivity contribution >= 4 is 11.9 Å². The summed E-state index contributed by atoms with van der Waals surface area (Å²) in [4.78, 5) is 23.5. The van der Waals surface area contributed by atoms with Gasteiger partial charge in [-0.05, 0) is 18.8 Å². The largest absolute Gasteiger partial charge is 0.324 e. The highest BCUT2D eigenvalue weighted by molar-refractivity contribution is 6.04. The Morgan fingerprint density at radius 3 is 2.45 bits per heavy atom. The molecule has 4 heteroatoms. The van der Waals surface area contributed by atoms with Gasteiger partial charge < -0.3 is 4.90 Å². The molecule has 1 saturated heterocycles. The molecule has 0 aromatic carbocycles. The molecular formula is C7H10N2O2. The molecule has 1 heterocycles. The molecule has 1 aliphatic carbocycles. The van der Waals surface area contributed by atoms with Gasteiger partial charge in [-0.25, -0.2) is 4.79 Å². The number of amides is 3. The van der Waals surface area contributed by atoms with Crippen molar-refractivity contribution in [3.05, 3.63) is 0 Å². The van der Waals surface area contributed by atoms with Gasteiger partial charge >= 0.3 is 6.03 Å². The van der Waals surface area contributed by atoms with Crippen molar-refractivity contribution in [2.45, 2.75) is 18.9 Å². The molecular weight excluding hydrogens is 144 g/mol. The zero-order chi connectivity index (χ0) is 8.01. The number of likely N-dealkylation sites (N-methyl/N-ethyl adjacent to an activating group) is 1. The van der Waals surface area contributed by atoms with Gasteiger partial charge in [0, 0.05) is 7.05 Å². The molecule has 2 fully saturated rings. The predicted molar refractivity (Wildman–Crippen MR) is 37.8 cm³/mol. The van der Waals surface area contributed by atoms with Gasteiger partial charge in [0.15, 0.2) is 0 Å². The summed E-state index contributed by atoms with van der Waals surface area (Å²) in [5.41, 5.74) is 0. The minimum Gasteiger partial charge on any atom is -0.315 e. The van der Waals surface area contributed by atoms with Gasteiger partial charge in [0.25, 0.3) is 5.91 Å². The molecule has 0 aromatic rings. The smallest absolute Gasteiger partial charge is 0.315 e. The molecule has 4 nitrogen and oxygen atoms in total. The number of urea groups is 1. The fraction of sp³-hybridized carbons (Fsp3) is 0.714. The minimum atomic E-state index is -0.258. The number of hydrogen-bond acceptors (Lipinski definition) is 2. The van der Waals surface area contributed by atoms with E-state index in [1.54, 1.807) is 7.05 Å². The highest BCUT2D eigenvalue weighted by Gasteiger charge is 2.45. The van der Waals surface area contributed by atoms with Crippen LogP contribution in [0, 0.1) is 5.92 Å². The van der Waals surface area contributed by atoms with E-state index in [1.807, 2.05) is 0 Å². The van der Waals surface area contributed by atoms with Gasteiger partial charge in [-0.1, -0.05) is 0 Å². The first kappa shape index (κ1) is 6.64. The van der Waals surface area contributed by atoms with Crippen LogP contribution in [0.1, 0.15) is 12.8 Å². The Bertz CT molecular complexity index is 222. The Hall–Kier alpha value is -1.06. The monoisotopic (exact) mass is 154 g/mol. The van der Waals surface area contributed by atoms with Gasteiger partial charge in [0.1, 0.15) is 6.04 Å². The van der Waals surface area contributed by atoms with Gasteiger partial charge in [0.05, 0.1) is 0 Å². The van der Waals surface area contributed by atoms with Crippen molar-refractivity contribution < 1.29 is 9.59 Å². The molecule has 1 saturated carbocycles. The molecule has 60 valence electrons. The molecule has 1 N–H and O–H groups in total. The van der Waals surface area contributed by atoms with Crippen molar-refractivity contribution in [3.8, 4) is 0 Å². The lowest BCUT2D eigenvalue weighted by molar-refractivity contribution is -0.121. The van der Waals surface area contributed by atoms with Crippen molar-refractivity contribution in [1.29, 1.82) is 0 Å². The van der Waals surface area contributed by atoms with Crippen LogP contribution in [-0.4, -0.2) is 29.9 Å². The van der Waals surface area contributed by atoms with Crippen molar-refractivity contribution in [1.82, 2.24) is 10.2 Å². The second kappa shape index (κ2) is 1.96. The number of hydrogen-bond donors (Lipinski definition) is 1.